The Morgan fingerprint density at radius 2 is 2.26 bits per heavy atom. The number of amides is 1. The zero-order valence-corrected chi connectivity index (χ0v) is 11.8. The summed E-state index contributed by atoms with van der Waals surface area (Å²) in [6.45, 7) is 7.99. The number of hydrogen-bond donors (Lipinski definition) is 1. The van der Waals surface area contributed by atoms with Crippen molar-refractivity contribution in [3.63, 3.8) is 0 Å². The summed E-state index contributed by atoms with van der Waals surface area (Å²) < 4.78 is 6.93. The summed E-state index contributed by atoms with van der Waals surface area (Å²) in [6, 6.07) is 1.37. The Bertz CT molecular complexity index is 435. The molecule has 1 rings (SSSR count). The van der Waals surface area contributed by atoms with Crippen molar-refractivity contribution < 1.29 is 14.3 Å². The molecule has 1 aromatic heterocycles. The van der Waals surface area contributed by atoms with Gasteiger partial charge in [-0.1, -0.05) is 0 Å². The molecule has 0 bridgehead atoms. The van der Waals surface area contributed by atoms with E-state index in [4.69, 9.17) is 4.74 Å². The average Bonchev–Trinajstić information content (AvgIpc) is 2.73. The third-order valence-electron chi connectivity index (χ3n) is 2.43. The fraction of sp³-hybridized carbons (Fsp3) is 0.615. The van der Waals surface area contributed by atoms with Crippen LogP contribution in [-0.4, -0.2) is 27.8 Å². The van der Waals surface area contributed by atoms with Crippen molar-refractivity contribution in [1.82, 2.24) is 15.1 Å². The van der Waals surface area contributed by atoms with Gasteiger partial charge in [0.25, 0.3) is 0 Å². The lowest BCUT2D eigenvalue weighted by molar-refractivity contribution is -0.108. The molecule has 0 unspecified atom stereocenters. The molecule has 0 aliphatic rings. The third kappa shape index (κ3) is 4.73. The zero-order valence-electron chi connectivity index (χ0n) is 11.8. The molecule has 0 aromatic carbocycles. The van der Waals surface area contributed by atoms with E-state index in [0.29, 0.717) is 6.54 Å². The quantitative estimate of drug-likeness (QED) is 0.829. The Morgan fingerprint density at radius 1 is 1.58 bits per heavy atom. The molecule has 1 aromatic rings. The number of rotatable bonds is 5. The first-order valence-electron chi connectivity index (χ1n) is 6.32. The van der Waals surface area contributed by atoms with Crippen LogP contribution in [0.2, 0.25) is 0 Å². The number of aryl methyl sites for hydroxylation is 1. The molecule has 1 amide bonds. The molecule has 1 N–H and O–H groups in total. The Hall–Kier alpha value is -1.85. The van der Waals surface area contributed by atoms with E-state index in [1.54, 1.807) is 37.7 Å². The standard InChI is InChI=1S/C13H21N3O3/c1-5-16-11(6-8-14-16)10(7-9-17)15-12(18)19-13(2,3)4/h6,8-10H,5,7H2,1-4H3,(H,15,18)/t10-/m1/s1. The molecule has 0 saturated carbocycles. The summed E-state index contributed by atoms with van der Waals surface area (Å²) in [5.74, 6) is 0. The van der Waals surface area contributed by atoms with Crippen molar-refractivity contribution in [2.45, 2.75) is 52.3 Å². The molecule has 6 nitrogen and oxygen atoms in total. The molecule has 0 aliphatic heterocycles. The van der Waals surface area contributed by atoms with Crippen molar-refractivity contribution in [3.05, 3.63) is 18.0 Å². The van der Waals surface area contributed by atoms with Gasteiger partial charge in [-0.05, 0) is 33.8 Å². The van der Waals surface area contributed by atoms with E-state index < -0.39 is 17.7 Å². The van der Waals surface area contributed by atoms with Crippen LogP contribution in [0, 0.1) is 0 Å². The number of aromatic nitrogens is 2. The number of nitrogens with one attached hydrogen (secondary N) is 1. The summed E-state index contributed by atoms with van der Waals surface area (Å²) in [5.41, 5.74) is 0.223. The molecule has 106 valence electrons. The Morgan fingerprint density at radius 3 is 2.79 bits per heavy atom. The van der Waals surface area contributed by atoms with E-state index >= 15 is 0 Å². The summed E-state index contributed by atoms with van der Waals surface area (Å²) in [7, 11) is 0. The molecule has 0 fully saturated rings. The second-order valence-electron chi connectivity index (χ2n) is 5.17. The van der Waals surface area contributed by atoms with Gasteiger partial charge in [0, 0.05) is 19.2 Å². The van der Waals surface area contributed by atoms with Crippen molar-refractivity contribution in [1.29, 1.82) is 0 Å². The van der Waals surface area contributed by atoms with Crippen LogP contribution >= 0.6 is 0 Å². The maximum Gasteiger partial charge on any atom is 0.408 e. The Kier molecular flexibility index (Phi) is 5.09. The number of ether oxygens (including phenoxy) is 1. The second kappa shape index (κ2) is 6.36. The highest BCUT2D eigenvalue weighted by Gasteiger charge is 2.22. The number of nitrogens with zero attached hydrogens (tertiary/aromatic N) is 2. The molecular weight excluding hydrogens is 246 g/mol. The molecule has 6 heteroatoms. The van der Waals surface area contributed by atoms with Crippen LogP contribution in [-0.2, 0) is 16.1 Å². The van der Waals surface area contributed by atoms with Gasteiger partial charge in [0.2, 0.25) is 0 Å². The highest BCUT2D eigenvalue weighted by molar-refractivity contribution is 5.69. The number of carbonyl (C=O) groups is 2. The van der Waals surface area contributed by atoms with Crippen LogP contribution in [0.15, 0.2) is 12.3 Å². The minimum absolute atomic E-state index is 0.185. The molecular formula is C13H21N3O3. The van der Waals surface area contributed by atoms with Crippen LogP contribution in [0.3, 0.4) is 0 Å². The summed E-state index contributed by atoms with van der Waals surface area (Å²) in [5, 5.41) is 6.83. The normalized spacial score (nSPS) is 12.8. The summed E-state index contributed by atoms with van der Waals surface area (Å²) in [6.07, 6.45) is 2.07. The maximum atomic E-state index is 11.8. The smallest absolute Gasteiger partial charge is 0.408 e. The van der Waals surface area contributed by atoms with Gasteiger partial charge in [-0.3, -0.25) is 4.68 Å². The van der Waals surface area contributed by atoms with Gasteiger partial charge >= 0.3 is 6.09 Å². The molecule has 0 spiro atoms. The van der Waals surface area contributed by atoms with Crippen molar-refractivity contribution in [2.75, 3.05) is 0 Å². The van der Waals surface area contributed by atoms with Crippen LogP contribution in [0.4, 0.5) is 4.79 Å². The van der Waals surface area contributed by atoms with Crippen LogP contribution in [0.25, 0.3) is 0 Å². The average molecular weight is 267 g/mol. The first-order valence-corrected chi connectivity index (χ1v) is 6.32. The summed E-state index contributed by atoms with van der Waals surface area (Å²) >= 11 is 0. The van der Waals surface area contributed by atoms with Gasteiger partial charge in [0.15, 0.2) is 0 Å². The van der Waals surface area contributed by atoms with E-state index in [9.17, 15) is 9.59 Å². The molecule has 19 heavy (non-hydrogen) atoms. The SMILES string of the molecule is CCn1nccc1[C@@H](CC=O)NC(=O)OC(C)(C)C. The minimum Gasteiger partial charge on any atom is -0.444 e. The second-order valence-corrected chi connectivity index (χ2v) is 5.17. The minimum atomic E-state index is -0.569. The zero-order chi connectivity index (χ0) is 14.5. The highest BCUT2D eigenvalue weighted by atomic mass is 16.6. The van der Waals surface area contributed by atoms with Gasteiger partial charge < -0.3 is 14.8 Å². The monoisotopic (exact) mass is 267 g/mol. The summed E-state index contributed by atoms with van der Waals surface area (Å²) in [4.78, 5) is 22.5. The molecule has 1 atom stereocenters. The van der Waals surface area contributed by atoms with Crippen molar-refractivity contribution in [2.24, 2.45) is 0 Å². The van der Waals surface area contributed by atoms with Gasteiger partial charge in [-0.25, -0.2) is 4.79 Å². The van der Waals surface area contributed by atoms with E-state index in [0.717, 1.165) is 12.0 Å². The lowest BCUT2D eigenvalue weighted by Gasteiger charge is -2.23. The van der Waals surface area contributed by atoms with Crippen LogP contribution in [0.5, 0.6) is 0 Å². The fourth-order valence-electron chi connectivity index (χ4n) is 1.70. The molecule has 1 heterocycles. The first-order chi connectivity index (χ1) is 8.87. The predicted molar refractivity (Wildman–Crippen MR) is 70.7 cm³/mol. The van der Waals surface area contributed by atoms with Crippen LogP contribution < -0.4 is 5.32 Å². The Balaban J connectivity index is 2.79. The van der Waals surface area contributed by atoms with Crippen molar-refractivity contribution in [3.8, 4) is 0 Å². The van der Waals surface area contributed by atoms with Crippen LogP contribution in [0.1, 0.15) is 45.9 Å². The fourth-order valence-corrected chi connectivity index (χ4v) is 1.70. The van der Waals surface area contributed by atoms with Gasteiger partial charge in [0.05, 0.1) is 11.7 Å². The number of hydrogen-bond acceptors (Lipinski definition) is 4. The van der Waals surface area contributed by atoms with E-state index in [1.807, 2.05) is 6.92 Å². The van der Waals surface area contributed by atoms with Crippen molar-refractivity contribution >= 4 is 12.4 Å². The lowest BCUT2D eigenvalue weighted by Crippen LogP contribution is -2.36. The molecule has 0 saturated heterocycles. The third-order valence-corrected chi connectivity index (χ3v) is 2.43. The van der Waals surface area contributed by atoms with E-state index in [1.165, 1.54) is 0 Å². The number of carbonyl (C=O) groups excluding carboxylic acids is 2. The number of aldehydes is 1. The highest BCUT2D eigenvalue weighted by Crippen LogP contribution is 2.17. The van der Waals surface area contributed by atoms with E-state index in [2.05, 4.69) is 10.4 Å². The maximum absolute atomic E-state index is 11.8. The molecule has 0 radical (unpaired) electrons. The van der Waals surface area contributed by atoms with Gasteiger partial charge in [-0.2, -0.15) is 5.10 Å². The number of alkyl carbamates (subject to hydrolysis) is 1. The largest absolute Gasteiger partial charge is 0.444 e. The van der Waals surface area contributed by atoms with Gasteiger partial charge in [0.1, 0.15) is 11.9 Å². The predicted octanol–water partition coefficient (Wildman–Crippen LogP) is 2.06. The first kappa shape index (κ1) is 15.2. The topological polar surface area (TPSA) is 73.2 Å². The lowest BCUT2D eigenvalue weighted by atomic mass is 10.1. The van der Waals surface area contributed by atoms with Gasteiger partial charge in [-0.15, -0.1) is 0 Å². The molecule has 0 aliphatic carbocycles. The Labute approximate surface area is 113 Å². The van der Waals surface area contributed by atoms with E-state index in [-0.39, 0.29) is 6.42 Å².